The Bertz CT molecular complexity index is 1100. The van der Waals surface area contributed by atoms with E-state index in [1.807, 2.05) is 11.8 Å². The van der Waals surface area contributed by atoms with E-state index in [4.69, 9.17) is 4.74 Å². The average Bonchev–Trinajstić information content (AvgIpc) is 3.20. The third kappa shape index (κ3) is 4.30. The number of benzene rings is 1. The van der Waals surface area contributed by atoms with Gasteiger partial charge < -0.3 is 20.1 Å². The monoisotopic (exact) mass is 423 g/mol. The molecular weight excluding hydrogens is 398 g/mol. The number of anilines is 1. The van der Waals surface area contributed by atoms with Gasteiger partial charge in [-0.3, -0.25) is 9.59 Å². The molecule has 2 amide bonds. The van der Waals surface area contributed by atoms with Crippen molar-refractivity contribution in [3.05, 3.63) is 47.8 Å². The van der Waals surface area contributed by atoms with Crippen molar-refractivity contribution in [1.29, 1.82) is 0 Å². The number of ether oxygens (including phenoxy) is 1. The first-order chi connectivity index (χ1) is 15.0. The van der Waals surface area contributed by atoms with Crippen LogP contribution < -0.4 is 10.1 Å². The van der Waals surface area contributed by atoms with E-state index >= 15 is 0 Å². The van der Waals surface area contributed by atoms with Gasteiger partial charge in [0, 0.05) is 37.7 Å². The predicted octanol–water partition coefficient (Wildman–Crippen LogP) is 2.81. The number of aromatic hydroxyl groups is 1. The van der Waals surface area contributed by atoms with E-state index < -0.39 is 0 Å². The Labute approximate surface area is 179 Å². The van der Waals surface area contributed by atoms with Gasteiger partial charge in [-0.2, -0.15) is 9.61 Å². The number of rotatable bonds is 5. The maximum atomic E-state index is 12.9. The molecule has 1 aromatic carbocycles. The van der Waals surface area contributed by atoms with Crippen LogP contribution in [0.2, 0.25) is 0 Å². The molecule has 9 heteroatoms. The second-order valence-corrected chi connectivity index (χ2v) is 7.52. The van der Waals surface area contributed by atoms with Gasteiger partial charge in [0.1, 0.15) is 11.3 Å². The third-order valence-corrected chi connectivity index (χ3v) is 5.50. The summed E-state index contributed by atoms with van der Waals surface area (Å²) in [6.45, 7) is 5.34. The van der Waals surface area contributed by atoms with Crippen LogP contribution in [0.1, 0.15) is 48.7 Å². The van der Waals surface area contributed by atoms with Gasteiger partial charge in [-0.15, -0.1) is 0 Å². The molecule has 3 aromatic rings. The van der Waals surface area contributed by atoms with Gasteiger partial charge in [-0.05, 0) is 44.0 Å². The van der Waals surface area contributed by atoms with Crippen LogP contribution in [0.4, 0.5) is 5.69 Å². The Hall–Kier alpha value is -3.62. The zero-order valence-electron chi connectivity index (χ0n) is 17.5. The number of aromatic nitrogens is 3. The highest BCUT2D eigenvalue weighted by atomic mass is 16.5. The van der Waals surface area contributed by atoms with Crippen LogP contribution in [-0.2, 0) is 4.79 Å². The van der Waals surface area contributed by atoms with Crippen molar-refractivity contribution in [2.45, 2.75) is 32.6 Å². The largest absolute Gasteiger partial charge is 0.494 e. The maximum Gasteiger partial charge on any atom is 0.261 e. The fraction of sp³-hybridized carbons (Fsp3) is 0.364. The molecule has 3 heterocycles. The first kappa shape index (κ1) is 20.6. The second-order valence-electron chi connectivity index (χ2n) is 7.52. The lowest BCUT2D eigenvalue weighted by molar-refractivity contribution is -0.129. The van der Waals surface area contributed by atoms with Crippen molar-refractivity contribution in [2.75, 3.05) is 25.0 Å². The topological polar surface area (TPSA) is 109 Å². The predicted molar refractivity (Wildman–Crippen MR) is 114 cm³/mol. The Morgan fingerprint density at radius 2 is 1.94 bits per heavy atom. The molecule has 9 nitrogen and oxygen atoms in total. The molecule has 1 fully saturated rings. The number of likely N-dealkylation sites (tertiary alicyclic amines) is 1. The number of nitrogens with one attached hydrogen (secondary N) is 1. The molecular formula is C22H25N5O4. The van der Waals surface area contributed by atoms with Crippen LogP contribution in [0.3, 0.4) is 0 Å². The Balaban J connectivity index is 1.56. The van der Waals surface area contributed by atoms with Gasteiger partial charge in [0.15, 0.2) is 5.65 Å². The zero-order valence-corrected chi connectivity index (χ0v) is 17.5. The second kappa shape index (κ2) is 8.63. The first-order valence-electron chi connectivity index (χ1n) is 10.3. The van der Waals surface area contributed by atoms with Crippen molar-refractivity contribution >= 4 is 23.1 Å². The Kier molecular flexibility index (Phi) is 5.75. The maximum absolute atomic E-state index is 12.9. The van der Waals surface area contributed by atoms with Gasteiger partial charge in [0.25, 0.3) is 5.91 Å². The SMILES string of the molecule is CCOc1ccc(NC(=O)c2cnn3c(O)cc(C4CCN(C(C)=O)CC4)nc23)cc1. The number of amides is 2. The lowest BCUT2D eigenvalue weighted by Crippen LogP contribution is -2.36. The van der Waals surface area contributed by atoms with Crippen molar-refractivity contribution < 1.29 is 19.4 Å². The van der Waals surface area contributed by atoms with Gasteiger partial charge in [-0.1, -0.05) is 0 Å². The fourth-order valence-corrected chi connectivity index (χ4v) is 3.82. The first-order valence-corrected chi connectivity index (χ1v) is 10.3. The van der Waals surface area contributed by atoms with E-state index in [-0.39, 0.29) is 29.2 Å². The number of hydrogen-bond donors (Lipinski definition) is 2. The molecule has 31 heavy (non-hydrogen) atoms. The van der Waals surface area contributed by atoms with E-state index in [0.717, 1.165) is 18.6 Å². The molecule has 1 aliphatic heterocycles. The Morgan fingerprint density at radius 1 is 1.23 bits per heavy atom. The van der Waals surface area contributed by atoms with E-state index in [9.17, 15) is 14.7 Å². The van der Waals surface area contributed by atoms with Crippen LogP contribution >= 0.6 is 0 Å². The minimum absolute atomic E-state index is 0.0637. The van der Waals surface area contributed by atoms with Crippen molar-refractivity contribution in [1.82, 2.24) is 19.5 Å². The van der Waals surface area contributed by atoms with Crippen LogP contribution in [0.15, 0.2) is 36.5 Å². The number of nitrogens with zero attached hydrogens (tertiary/aromatic N) is 4. The van der Waals surface area contributed by atoms with Gasteiger partial charge in [0.2, 0.25) is 11.8 Å². The Morgan fingerprint density at radius 3 is 2.58 bits per heavy atom. The molecule has 2 aromatic heterocycles. The summed E-state index contributed by atoms with van der Waals surface area (Å²) in [4.78, 5) is 30.9. The summed E-state index contributed by atoms with van der Waals surface area (Å²) in [5.74, 6) is 0.449. The quantitative estimate of drug-likeness (QED) is 0.653. The lowest BCUT2D eigenvalue weighted by atomic mass is 9.93. The molecule has 0 saturated carbocycles. The normalized spacial score (nSPS) is 14.6. The highest BCUT2D eigenvalue weighted by Crippen LogP contribution is 2.30. The number of carbonyl (C=O) groups is 2. The molecule has 0 unspecified atom stereocenters. The number of piperidine rings is 1. The molecule has 2 N–H and O–H groups in total. The summed E-state index contributed by atoms with van der Waals surface area (Å²) in [5.41, 5.74) is 1.88. The third-order valence-electron chi connectivity index (χ3n) is 5.50. The lowest BCUT2D eigenvalue weighted by Gasteiger charge is -2.31. The molecule has 162 valence electrons. The molecule has 0 spiro atoms. The number of hydrogen-bond acceptors (Lipinski definition) is 6. The van der Waals surface area contributed by atoms with E-state index in [1.165, 1.54) is 10.7 Å². The van der Waals surface area contributed by atoms with Crippen molar-refractivity contribution in [2.24, 2.45) is 0 Å². The highest BCUT2D eigenvalue weighted by Gasteiger charge is 2.25. The minimum Gasteiger partial charge on any atom is -0.494 e. The van der Waals surface area contributed by atoms with E-state index in [2.05, 4.69) is 15.4 Å². The summed E-state index contributed by atoms with van der Waals surface area (Å²) in [6.07, 6.45) is 2.90. The van der Waals surface area contributed by atoms with Crippen LogP contribution in [0.5, 0.6) is 11.6 Å². The molecule has 1 saturated heterocycles. The van der Waals surface area contributed by atoms with E-state index in [0.29, 0.717) is 36.7 Å². The summed E-state index contributed by atoms with van der Waals surface area (Å²) < 4.78 is 6.67. The molecule has 0 aliphatic carbocycles. The van der Waals surface area contributed by atoms with E-state index in [1.54, 1.807) is 37.3 Å². The molecule has 0 radical (unpaired) electrons. The van der Waals surface area contributed by atoms with Gasteiger partial charge >= 0.3 is 0 Å². The molecule has 0 atom stereocenters. The summed E-state index contributed by atoms with van der Waals surface area (Å²) >= 11 is 0. The molecule has 0 bridgehead atoms. The van der Waals surface area contributed by atoms with Crippen LogP contribution in [0, 0.1) is 0 Å². The highest BCUT2D eigenvalue weighted by molar-refractivity contribution is 6.08. The summed E-state index contributed by atoms with van der Waals surface area (Å²) in [5, 5.41) is 17.4. The number of carbonyl (C=O) groups excluding carboxylic acids is 2. The zero-order chi connectivity index (χ0) is 22.0. The standard InChI is InChI=1S/C22H25N5O4/c1-3-31-17-6-4-16(5-7-17)24-22(30)18-13-23-27-20(29)12-19(25-21(18)27)15-8-10-26(11-9-15)14(2)28/h4-7,12-13,15,29H,3,8-11H2,1-2H3,(H,24,30). The minimum atomic E-state index is -0.366. The molecule has 4 rings (SSSR count). The smallest absolute Gasteiger partial charge is 0.261 e. The van der Waals surface area contributed by atoms with Crippen LogP contribution in [0.25, 0.3) is 5.65 Å². The number of fused-ring (bicyclic) bond motifs is 1. The van der Waals surface area contributed by atoms with Crippen LogP contribution in [-0.4, -0.2) is 56.1 Å². The van der Waals surface area contributed by atoms with Gasteiger partial charge in [-0.25, -0.2) is 4.98 Å². The average molecular weight is 423 g/mol. The van der Waals surface area contributed by atoms with Crippen molar-refractivity contribution in [3.8, 4) is 11.6 Å². The van der Waals surface area contributed by atoms with Gasteiger partial charge in [0.05, 0.1) is 18.5 Å². The summed E-state index contributed by atoms with van der Waals surface area (Å²) in [6, 6.07) is 8.67. The summed E-state index contributed by atoms with van der Waals surface area (Å²) in [7, 11) is 0. The molecule has 1 aliphatic rings. The van der Waals surface area contributed by atoms with Crippen molar-refractivity contribution in [3.63, 3.8) is 0 Å². The fourth-order valence-electron chi connectivity index (χ4n) is 3.82.